The van der Waals surface area contributed by atoms with Crippen LogP contribution in [0.1, 0.15) is 12.5 Å². The van der Waals surface area contributed by atoms with Crippen LogP contribution in [-0.2, 0) is 16.4 Å². The van der Waals surface area contributed by atoms with Crippen molar-refractivity contribution in [1.82, 2.24) is 14.5 Å². The van der Waals surface area contributed by atoms with Crippen LogP contribution >= 0.6 is 0 Å². The molecule has 4 aromatic rings. The molecule has 5 rings (SSSR count). The minimum atomic E-state index is -3.48. The first-order chi connectivity index (χ1) is 16.0. The van der Waals surface area contributed by atoms with Gasteiger partial charge in [0.15, 0.2) is 5.82 Å². The van der Waals surface area contributed by atoms with E-state index in [1.807, 2.05) is 36.4 Å². The van der Waals surface area contributed by atoms with Gasteiger partial charge in [-0.05, 0) is 53.1 Å². The van der Waals surface area contributed by atoms with Gasteiger partial charge in [0.1, 0.15) is 0 Å². The predicted molar refractivity (Wildman–Crippen MR) is 132 cm³/mol. The van der Waals surface area contributed by atoms with E-state index in [0.29, 0.717) is 31.1 Å². The zero-order valence-electron chi connectivity index (χ0n) is 18.6. The lowest BCUT2D eigenvalue weighted by atomic mass is 10.1. The fourth-order valence-corrected chi connectivity index (χ4v) is 5.62. The van der Waals surface area contributed by atoms with Crippen molar-refractivity contribution in [3.8, 4) is 11.3 Å². The van der Waals surface area contributed by atoms with E-state index in [-0.39, 0.29) is 0 Å². The maximum Gasteiger partial charge on any atom is 0.243 e. The number of fused-ring (bicyclic) bond motifs is 1. The second-order valence-electron chi connectivity index (χ2n) is 8.23. The summed E-state index contributed by atoms with van der Waals surface area (Å²) in [4.78, 5) is 2.44. The van der Waals surface area contributed by atoms with Gasteiger partial charge in [0.05, 0.1) is 10.6 Å². The first-order valence-electron chi connectivity index (χ1n) is 11.2. The fraction of sp³-hybridized carbons (Fsp3) is 0.231. The second-order valence-corrected chi connectivity index (χ2v) is 10.2. The Morgan fingerprint density at radius 2 is 1.52 bits per heavy atom. The van der Waals surface area contributed by atoms with Crippen molar-refractivity contribution in [2.75, 3.05) is 31.1 Å². The Morgan fingerprint density at radius 3 is 2.18 bits per heavy atom. The number of hydrogen-bond donors (Lipinski definition) is 0. The van der Waals surface area contributed by atoms with Crippen molar-refractivity contribution in [3.05, 3.63) is 84.4 Å². The number of aryl methyl sites for hydroxylation is 1. The Morgan fingerprint density at radius 1 is 0.788 bits per heavy atom. The number of rotatable bonds is 5. The maximum atomic E-state index is 13.0. The Balaban J connectivity index is 1.27. The highest BCUT2D eigenvalue weighted by Crippen LogP contribution is 2.25. The van der Waals surface area contributed by atoms with Crippen molar-refractivity contribution in [1.29, 1.82) is 0 Å². The molecule has 168 valence electrons. The average Bonchev–Trinajstić information content (AvgIpc) is 2.88. The lowest BCUT2D eigenvalue weighted by Gasteiger charge is -2.34. The molecule has 0 bridgehead atoms. The molecule has 1 fully saturated rings. The molecule has 33 heavy (non-hydrogen) atoms. The molecule has 1 aliphatic heterocycles. The van der Waals surface area contributed by atoms with Crippen LogP contribution in [-0.4, -0.2) is 49.1 Å². The number of aromatic nitrogens is 2. The highest BCUT2D eigenvalue weighted by atomic mass is 32.2. The van der Waals surface area contributed by atoms with Gasteiger partial charge in [-0.25, -0.2) is 8.42 Å². The molecular weight excluding hydrogens is 432 g/mol. The van der Waals surface area contributed by atoms with Crippen molar-refractivity contribution in [3.63, 3.8) is 0 Å². The minimum absolute atomic E-state index is 0.354. The molecule has 0 radical (unpaired) electrons. The van der Waals surface area contributed by atoms with Crippen molar-refractivity contribution < 1.29 is 8.42 Å². The van der Waals surface area contributed by atoms with Gasteiger partial charge in [-0.1, -0.05) is 55.5 Å². The lowest BCUT2D eigenvalue weighted by molar-refractivity contribution is 0.383. The van der Waals surface area contributed by atoms with E-state index in [2.05, 4.69) is 52.4 Å². The number of piperazine rings is 1. The molecule has 3 aromatic carbocycles. The van der Waals surface area contributed by atoms with Crippen LogP contribution in [0.25, 0.3) is 22.0 Å². The van der Waals surface area contributed by atoms with Gasteiger partial charge >= 0.3 is 0 Å². The van der Waals surface area contributed by atoms with E-state index in [9.17, 15) is 8.42 Å². The van der Waals surface area contributed by atoms with Gasteiger partial charge in [-0.3, -0.25) is 0 Å². The first kappa shape index (κ1) is 21.6. The predicted octanol–water partition coefficient (Wildman–Crippen LogP) is 4.37. The zero-order chi connectivity index (χ0) is 22.8. The molecular formula is C26H26N4O2S. The first-order valence-corrected chi connectivity index (χ1v) is 12.7. The summed E-state index contributed by atoms with van der Waals surface area (Å²) in [5.41, 5.74) is 2.98. The summed E-state index contributed by atoms with van der Waals surface area (Å²) < 4.78 is 27.6. The summed E-state index contributed by atoms with van der Waals surface area (Å²) in [5, 5.41) is 11.2. The van der Waals surface area contributed by atoms with Crippen LogP contribution < -0.4 is 4.90 Å². The summed E-state index contributed by atoms with van der Waals surface area (Å²) in [6.45, 7) is 4.06. The summed E-state index contributed by atoms with van der Waals surface area (Å²) in [6, 6.07) is 25.6. The summed E-state index contributed by atoms with van der Waals surface area (Å²) in [7, 11) is -3.48. The van der Waals surface area contributed by atoms with Crippen LogP contribution in [0, 0.1) is 0 Å². The number of sulfonamides is 1. The minimum Gasteiger partial charge on any atom is -0.352 e. The molecule has 7 heteroatoms. The molecule has 1 saturated heterocycles. The van der Waals surface area contributed by atoms with E-state index in [1.54, 1.807) is 16.4 Å². The van der Waals surface area contributed by atoms with Gasteiger partial charge in [0.2, 0.25) is 10.0 Å². The molecule has 0 atom stereocenters. The summed E-state index contributed by atoms with van der Waals surface area (Å²) >= 11 is 0. The molecule has 0 saturated carbocycles. The molecule has 6 nitrogen and oxygen atoms in total. The lowest BCUT2D eigenvalue weighted by Crippen LogP contribution is -2.49. The standard InChI is InChI=1S/C26H26N4O2S/c1-2-20-7-11-24(12-8-20)33(31,32)30-17-15-29(16-18-30)26-14-13-25(27-28-26)23-10-9-21-5-3-4-6-22(21)19-23/h3-14,19H,2,15-18H2,1H3. The zero-order valence-corrected chi connectivity index (χ0v) is 19.4. The molecule has 0 N–H and O–H groups in total. The Kier molecular flexibility index (Phi) is 5.83. The number of anilines is 1. The molecule has 0 aliphatic carbocycles. The van der Waals surface area contributed by atoms with E-state index in [1.165, 1.54) is 10.8 Å². The smallest absolute Gasteiger partial charge is 0.243 e. The number of benzene rings is 3. The highest BCUT2D eigenvalue weighted by molar-refractivity contribution is 7.89. The van der Waals surface area contributed by atoms with Crippen molar-refractivity contribution >= 4 is 26.6 Å². The third-order valence-electron chi connectivity index (χ3n) is 6.23. The number of hydrogen-bond acceptors (Lipinski definition) is 5. The van der Waals surface area contributed by atoms with Crippen LogP contribution in [0.2, 0.25) is 0 Å². The number of nitrogens with zero attached hydrogens (tertiary/aromatic N) is 4. The SMILES string of the molecule is CCc1ccc(S(=O)(=O)N2CCN(c3ccc(-c4ccc5ccccc5c4)nn3)CC2)cc1. The summed E-state index contributed by atoms with van der Waals surface area (Å²) in [6.07, 6.45) is 0.889. The molecule has 1 aromatic heterocycles. The van der Waals surface area contributed by atoms with Crippen molar-refractivity contribution in [2.45, 2.75) is 18.2 Å². The van der Waals surface area contributed by atoms with Gasteiger partial charge < -0.3 is 4.90 Å². The highest BCUT2D eigenvalue weighted by Gasteiger charge is 2.29. The molecule has 1 aliphatic rings. The van der Waals surface area contributed by atoms with E-state index in [0.717, 1.165) is 29.1 Å². The Labute approximate surface area is 194 Å². The molecule has 0 spiro atoms. The van der Waals surface area contributed by atoms with Gasteiger partial charge in [0, 0.05) is 31.7 Å². The van der Waals surface area contributed by atoms with Gasteiger partial charge in [-0.15, -0.1) is 10.2 Å². The fourth-order valence-electron chi connectivity index (χ4n) is 4.20. The van der Waals surface area contributed by atoms with Gasteiger partial charge in [-0.2, -0.15) is 4.31 Å². The Bertz CT molecular complexity index is 1360. The quantitative estimate of drug-likeness (QED) is 0.444. The second kappa shape index (κ2) is 8.92. The van der Waals surface area contributed by atoms with Crippen LogP contribution in [0.5, 0.6) is 0 Å². The van der Waals surface area contributed by atoms with Crippen LogP contribution in [0.4, 0.5) is 5.82 Å². The molecule has 0 amide bonds. The molecule has 2 heterocycles. The maximum absolute atomic E-state index is 13.0. The van der Waals surface area contributed by atoms with E-state index in [4.69, 9.17) is 0 Å². The average molecular weight is 459 g/mol. The topological polar surface area (TPSA) is 66.4 Å². The van der Waals surface area contributed by atoms with E-state index >= 15 is 0 Å². The largest absolute Gasteiger partial charge is 0.352 e. The van der Waals surface area contributed by atoms with Crippen LogP contribution in [0.15, 0.2) is 83.8 Å². The Hall–Kier alpha value is -3.29. The third kappa shape index (κ3) is 4.34. The third-order valence-corrected chi connectivity index (χ3v) is 8.14. The van der Waals surface area contributed by atoms with Crippen LogP contribution in [0.3, 0.4) is 0 Å². The van der Waals surface area contributed by atoms with E-state index < -0.39 is 10.0 Å². The van der Waals surface area contributed by atoms with Gasteiger partial charge in [0.25, 0.3) is 0 Å². The molecule has 0 unspecified atom stereocenters. The summed E-state index contributed by atoms with van der Waals surface area (Å²) in [5.74, 6) is 0.767. The monoisotopic (exact) mass is 458 g/mol. The van der Waals surface area contributed by atoms with Crippen molar-refractivity contribution in [2.24, 2.45) is 0 Å². The normalized spacial score (nSPS) is 15.1.